The second-order valence-corrected chi connectivity index (χ2v) is 6.92. The van der Waals surface area contributed by atoms with E-state index in [0.717, 1.165) is 0 Å². The molecule has 0 amide bonds. The maximum atomic E-state index is 12.3. The van der Waals surface area contributed by atoms with Crippen LogP contribution in [0.25, 0.3) is 0 Å². The van der Waals surface area contributed by atoms with Gasteiger partial charge in [-0.05, 0) is 33.7 Å². The molecule has 0 saturated heterocycles. The fourth-order valence-electron chi connectivity index (χ4n) is 1.43. The lowest BCUT2D eigenvalue weighted by Crippen LogP contribution is -2.51. The van der Waals surface area contributed by atoms with Crippen molar-refractivity contribution in [2.24, 2.45) is 5.73 Å². The lowest BCUT2D eigenvalue weighted by Gasteiger charge is -2.36. The molecule has 0 spiro atoms. The van der Waals surface area contributed by atoms with Gasteiger partial charge < -0.3 is 5.73 Å². The van der Waals surface area contributed by atoms with Crippen molar-refractivity contribution < 1.29 is 8.42 Å². The minimum absolute atomic E-state index is 0.304. The third kappa shape index (κ3) is 4.75. The van der Waals surface area contributed by atoms with Gasteiger partial charge in [0.1, 0.15) is 0 Å². The second-order valence-electron chi connectivity index (χ2n) is 4.96. The predicted molar refractivity (Wildman–Crippen MR) is 71.9 cm³/mol. The van der Waals surface area contributed by atoms with Crippen molar-refractivity contribution in [3.8, 4) is 0 Å². The van der Waals surface area contributed by atoms with Crippen LogP contribution in [0.1, 0.15) is 27.2 Å². The van der Waals surface area contributed by atoms with Crippen molar-refractivity contribution in [3.63, 3.8) is 0 Å². The van der Waals surface area contributed by atoms with E-state index in [1.165, 1.54) is 8.61 Å². The Bertz CT molecular complexity index is 333. The van der Waals surface area contributed by atoms with Crippen molar-refractivity contribution in [1.29, 1.82) is 0 Å². The van der Waals surface area contributed by atoms with E-state index in [4.69, 9.17) is 5.73 Å². The Hall–Kier alpha value is -0.430. The molecule has 0 unspecified atom stereocenters. The Labute approximate surface area is 105 Å². The number of hydrogen-bond acceptors (Lipinski definition) is 3. The van der Waals surface area contributed by atoms with Crippen LogP contribution in [0.2, 0.25) is 0 Å². The average Bonchev–Trinajstić information content (AvgIpc) is 2.20. The van der Waals surface area contributed by atoms with E-state index < -0.39 is 15.7 Å². The lowest BCUT2D eigenvalue weighted by molar-refractivity contribution is 0.249. The zero-order valence-corrected chi connectivity index (χ0v) is 12.1. The van der Waals surface area contributed by atoms with E-state index in [2.05, 4.69) is 6.58 Å². The van der Waals surface area contributed by atoms with Gasteiger partial charge >= 0.3 is 0 Å². The number of rotatable bonds is 7. The van der Waals surface area contributed by atoms with Crippen LogP contribution in [0.5, 0.6) is 0 Å². The highest BCUT2D eigenvalue weighted by molar-refractivity contribution is 7.86. The number of nitrogens with two attached hydrogens (primary N) is 1. The summed E-state index contributed by atoms with van der Waals surface area (Å²) in [7, 11) is -1.88. The summed E-state index contributed by atoms with van der Waals surface area (Å²) in [5.41, 5.74) is 4.92. The van der Waals surface area contributed by atoms with E-state index in [9.17, 15) is 8.42 Å². The first-order valence-corrected chi connectivity index (χ1v) is 7.12. The molecule has 6 heteroatoms. The zero-order valence-electron chi connectivity index (χ0n) is 11.3. The van der Waals surface area contributed by atoms with E-state index in [-0.39, 0.29) is 0 Å². The molecule has 0 heterocycles. The molecular weight excluding hydrogens is 238 g/mol. The van der Waals surface area contributed by atoms with Gasteiger partial charge in [-0.15, -0.1) is 6.58 Å². The summed E-state index contributed by atoms with van der Waals surface area (Å²) in [6, 6.07) is 0. The van der Waals surface area contributed by atoms with Gasteiger partial charge in [0, 0.05) is 25.7 Å². The smallest absolute Gasteiger partial charge is 0.282 e. The van der Waals surface area contributed by atoms with E-state index in [0.29, 0.717) is 26.1 Å². The Morgan fingerprint density at radius 3 is 2.24 bits per heavy atom. The highest BCUT2D eigenvalue weighted by Gasteiger charge is 2.34. The summed E-state index contributed by atoms with van der Waals surface area (Å²) in [6.45, 7) is 10.4. The highest BCUT2D eigenvalue weighted by Crippen LogP contribution is 2.20. The molecule has 0 aliphatic carbocycles. The van der Waals surface area contributed by atoms with E-state index >= 15 is 0 Å². The predicted octanol–water partition coefficient (Wildman–Crippen LogP) is 0.798. The average molecular weight is 263 g/mol. The molecule has 102 valence electrons. The van der Waals surface area contributed by atoms with Crippen LogP contribution in [0.4, 0.5) is 0 Å². The third-order valence-electron chi connectivity index (χ3n) is 2.39. The summed E-state index contributed by atoms with van der Waals surface area (Å²) >= 11 is 0. The normalized spacial score (nSPS) is 13.4. The molecular formula is C11H25N3O2S. The van der Waals surface area contributed by atoms with Gasteiger partial charge in [0.05, 0.1) is 0 Å². The fourth-order valence-corrected chi connectivity index (χ4v) is 3.11. The molecule has 0 bridgehead atoms. The van der Waals surface area contributed by atoms with Crippen molar-refractivity contribution in [1.82, 2.24) is 8.61 Å². The molecule has 0 aromatic heterocycles. The monoisotopic (exact) mass is 263 g/mol. The molecule has 0 aliphatic rings. The summed E-state index contributed by atoms with van der Waals surface area (Å²) in [4.78, 5) is 0. The largest absolute Gasteiger partial charge is 0.330 e. The maximum absolute atomic E-state index is 12.3. The Morgan fingerprint density at radius 1 is 1.35 bits per heavy atom. The molecule has 2 N–H and O–H groups in total. The second kappa shape index (κ2) is 6.49. The summed E-state index contributed by atoms with van der Waals surface area (Å²) < 4.78 is 27.4. The van der Waals surface area contributed by atoms with Gasteiger partial charge in [0.15, 0.2) is 0 Å². The summed E-state index contributed by atoms with van der Waals surface area (Å²) in [5, 5.41) is 0. The van der Waals surface area contributed by atoms with Gasteiger partial charge in [-0.3, -0.25) is 0 Å². The highest BCUT2D eigenvalue weighted by atomic mass is 32.2. The molecule has 0 radical (unpaired) electrons. The minimum Gasteiger partial charge on any atom is -0.330 e. The van der Waals surface area contributed by atoms with Gasteiger partial charge in [0.2, 0.25) is 0 Å². The van der Waals surface area contributed by atoms with Crippen LogP contribution in [-0.4, -0.2) is 49.2 Å². The summed E-state index contributed by atoms with van der Waals surface area (Å²) in [5.74, 6) is 0. The molecule has 0 fully saturated rings. The third-order valence-corrected chi connectivity index (χ3v) is 4.62. The number of hydrogen-bond donors (Lipinski definition) is 1. The van der Waals surface area contributed by atoms with Crippen LogP contribution in [0.3, 0.4) is 0 Å². The van der Waals surface area contributed by atoms with E-state index in [1.807, 2.05) is 20.8 Å². The first-order chi connectivity index (χ1) is 7.67. The van der Waals surface area contributed by atoms with Crippen LogP contribution >= 0.6 is 0 Å². The first-order valence-electron chi connectivity index (χ1n) is 5.73. The summed E-state index contributed by atoms with van der Waals surface area (Å²) in [6.07, 6.45) is 2.25. The van der Waals surface area contributed by atoms with E-state index in [1.54, 1.807) is 13.1 Å². The molecule has 0 aliphatic heterocycles. The van der Waals surface area contributed by atoms with Crippen molar-refractivity contribution in [3.05, 3.63) is 12.7 Å². The van der Waals surface area contributed by atoms with Crippen LogP contribution in [-0.2, 0) is 10.2 Å². The van der Waals surface area contributed by atoms with Crippen LogP contribution < -0.4 is 5.73 Å². The Kier molecular flexibility index (Phi) is 6.32. The van der Waals surface area contributed by atoms with Gasteiger partial charge in [0.25, 0.3) is 10.2 Å². The quantitative estimate of drug-likeness (QED) is 0.691. The van der Waals surface area contributed by atoms with Gasteiger partial charge in [-0.1, -0.05) is 6.08 Å². The van der Waals surface area contributed by atoms with Crippen LogP contribution in [0.15, 0.2) is 12.7 Å². The standard InChI is InChI=1S/C11H25N3O2S/c1-6-9-14(11(2,3)4)17(15,16)13(5)10-7-8-12/h6H,1,7-10,12H2,2-5H3. The molecule has 0 saturated carbocycles. The Morgan fingerprint density at radius 2 is 1.88 bits per heavy atom. The molecule has 5 nitrogen and oxygen atoms in total. The first kappa shape index (κ1) is 16.6. The van der Waals surface area contributed by atoms with Crippen molar-refractivity contribution >= 4 is 10.2 Å². The molecule has 17 heavy (non-hydrogen) atoms. The molecule has 0 atom stereocenters. The fraction of sp³-hybridized carbons (Fsp3) is 0.818. The number of nitrogens with zero attached hydrogens (tertiary/aromatic N) is 2. The maximum Gasteiger partial charge on any atom is 0.282 e. The molecule has 0 aromatic rings. The topological polar surface area (TPSA) is 66.6 Å². The SMILES string of the molecule is C=CCN(C(C)(C)C)S(=O)(=O)N(C)CCCN. The minimum atomic E-state index is -3.45. The Balaban J connectivity index is 5.02. The molecule has 0 aromatic carbocycles. The lowest BCUT2D eigenvalue weighted by atomic mass is 10.1. The van der Waals surface area contributed by atoms with Gasteiger partial charge in [-0.2, -0.15) is 17.0 Å². The molecule has 0 rings (SSSR count). The van der Waals surface area contributed by atoms with Crippen molar-refractivity contribution in [2.75, 3.05) is 26.7 Å². The van der Waals surface area contributed by atoms with Gasteiger partial charge in [-0.25, -0.2) is 0 Å². The van der Waals surface area contributed by atoms with Crippen LogP contribution in [0, 0.1) is 0 Å². The van der Waals surface area contributed by atoms with Crippen molar-refractivity contribution in [2.45, 2.75) is 32.7 Å². The zero-order chi connectivity index (χ0) is 13.7.